The van der Waals surface area contributed by atoms with Crippen molar-refractivity contribution < 1.29 is 8.78 Å². The van der Waals surface area contributed by atoms with Gasteiger partial charge in [-0.1, -0.05) is 0 Å². The van der Waals surface area contributed by atoms with E-state index >= 15 is 0 Å². The van der Waals surface area contributed by atoms with Crippen molar-refractivity contribution in [2.75, 3.05) is 0 Å². The smallest absolute Gasteiger partial charge is 0.224 e. The molecule has 1 aromatic carbocycles. The van der Waals surface area contributed by atoms with Gasteiger partial charge in [-0.3, -0.25) is 0 Å². The second-order valence-electron chi connectivity index (χ2n) is 1.71. The highest BCUT2D eigenvalue weighted by Gasteiger charge is 2.00. The van der Waals surface area contributed by atoms with E-state index in [2.05, 4.69) is 4.85 Å². The fraction of sp³-hybridized carbons (Fsp3) is 0. The van der Waals surface area contributed by atoms with E-state index in [9.17, 15) is 8.78 Å². The lowest BCUT2D eigenvalue weighted by Gasteiger charge is -1.90. The molecule has 0 aliphatic rings. The standard InChI is InChI=1S/C7H3F2N/c1-10-7-4-5(8)2-3-6(7)9/h2-4H. The zero-order chi connectivity index (χ0) is 7.56. The first-order valence-electron chi connectivity index (χ1n) is 2.56. The third-order valence-corrected chi connectivity index (χ3v) is 1.03. The Bertz CT molecular complexity index is 288. The highest BCUT2D eigenvalue weighted by atomic mass is 19.1. The van der Waals surface area contributed by atoms with Gasteiger partial charge in [0.2, 0.25) is 5.69 Å². The Morgan fingerprint density at radius 3 is 2.50 bits per heavy atom. The van der Waals surface area contributed by atoms with Crippen molar-refractivity contribution in [2.45, 2.75) is 0 Å². The van der Waals surface area contributed by atoms with Gasteiger partial charge in [-0.25, -0.2) is 13.6 Å². The molecule has 0 fully saturated rings. The minimum Gasteiger partial charge on any atom is -0.235 e. The molecule has 0 N–H and O–H groups in total. The third kappa shape index (κ3) is 1.11. The molecular formula is C7H3F2N. The van der Waals surface area contributed by atoms with E-state index < -0.39 is 11.6 Å². The van der Waals surface area contributed by atoms with Crippen LogP contribution in [0, 0.1) is 18.2 Å². The van der Waals surface area contributed by atoms with Gasteiger partial charge in [0, 0.05) is 0 Å². The number of halogens is 2. The SMILES string of the molecule is [C-]#[N+]c1cc(F)ccc1F. The predicted molar refractivity (Wildman–Crippen MR) is 32.6 cm³/mol. The van der Waals surface area contributed by atoms with E-state index in [1.54, 1.807) is 0 Å². The summed E-state index contributed by atoms with van der Waals surface area (Å²) < 4.78 is 24.6. The third-order valence-electron chi connectivity index (χ3n) is 1.03. The van der Waals surface area contributed by atoms with Crippen molar-refractivity contribution in [1.29, 1.82) is 0 Å². The summed E-state index contributed by atoms with van der Waals surface area (Å²) >= 11 is 0. The van der Waals surface area contributed by atoms with Crippen LogP contribution in [0.25, 0.3) is 4.85 Å². The van der Waals surface area contributed by atoms with Crippen LogP contribution in [-0.2, 0) is 0 Å². The van der Waals surface area contributed by atoms with Crippen LogP contribution in [0.1, 0.15) is 0 Å². The molecule has 3 heteroatoms. The van der Waals surface area contributed by atoms with Crippen molar-refractivity contribution in [3.05, 3.63) is 41.3 Å². The molecule has 1 aromatic rings. The molecule has 0 saturated heterocycles. The lowest BCUT2D eigenvalue weighted by molar-refractivity contribution is 0.605. The minimum atomic E-state index is -0.684. The number of hydrogen-bond donors (Lipinski definition) is 0. The topological polar surface area (TPSA) is 4.36 Å². The Labute approximate surface area is 56.7 Å². The molecule has 0 aliphatic carbocycles. The Morgan fingerprint density at radius 1 is 1.30 bits per heavy atom. The van der Waals surface area contributed by atoms with E-state index in [1.807, 2.05) is 0 Å². The van der Waals surface area contributed by atoms with Crippen molar-refractivity contribution >= 4 is 5.69 Å². The highest BCUT2D eigenvalue weighted by Crippen LogP contribution is 2.17. The summed E-state index contributed by atoms with van der Waals surface area (Å²) in [5.41, 5.74) is -0.278. The second-order valence-corrected chi connectivity index (χ2v) is 1.71. The van der Waals surface area contributed by atoms with Gasteiger partial charge in [0.05, 0.1) is 6.57 Å². The first-order chi connectivity index (χ1) is 4.74. The molecule has 50 valence electrons. The zero-order valence-electron chi connectivity index (χ0n) is 4.94. The number of hydrogen-bond acceptors (Lipinski definition) is 0. The lowest BCUT2D eigenvalue weighted by atomic mass is 10.3. The van der Waals surface area contributed by atoms with Gasteiger partial charge in [-0.15, -0.1) is 0 Å². The number of benzene rings is 1. The van der Waals surface area contributed by atoms with Crippen LogP contribution in [0.5, 0.6) is 0 Å². The molecular weight excluding hydrogens is 136 g/mol. The molecule has 10 heavy (non-hydrogen) atoms. The predicted octanol–water partition coefficient (Wildman–Crippen LogP) is 2.52. The molecule has 1 rings (SSSR count). The molecule has 0 spiro atoms. The molecule has 0 heterocycles. The zero-order valence-corrected chi connectivity index (χ0v) is 4.94. The summed E-state index contributed by atoms with van der Waals surface area (Å²) in [5, 5.41) is 0. The van der Waals surface area contributed by atoms with Crippen molar-refractivity contribution in [1.82, 2.24) is 0 Å². The molecule has 0 amide bonds. The maximum Gasteiger partial charge on any atom is 0.224 e. The molecule has 0 atom stereocenters. The Kier molecular flexibility index (Phi) is 1.63. The van der Waals surface area contributed by atoms with E-state index in [1.165, 1.54) is 0 Å². The summed E-state index contributed by atoms with van der Waals surface area (Å²) in [4.78, 5) is 2.77. The number of nitrogens with zero attached hydrogens (tertiary/aromatic N) is 1. The van der Waals surface area contributed by atoms with Gasteiger partial charge < -0.3 is 0 Å². The van der Waals surface area contributed by atoms with Crippen LogP contribution < -0.4 is 0 Å². The van der Waals surface area contributed by atoms with Crippen LogP contribution >= 0.6 is 0 Å². The Morgan fingerprint density at radius 2 is 2.00 bits per heavy atom. The van der Waals surface area contributed by atoms with Crippen LogP contribution in [0.15, 0.2) is 18.2 Å². The molecule has 0 saturated carbocycles. The molecule has 0 unspecified atom stereocenters. The summed E-state index contributed by atoms with van der Waals surface area (Å²) in [6.07, 6.45) is 0. The van der Waals surface area contributed by atoms with E-state index in [4.69, 9.17) is 6.57 Å². The first-order valence-corrected chi connectivity index (χ1v) is 2.56. The monoisotopic (exact) mass is 139 g/mol. The molecule has 0 bridgehead atoms. The van der Waals surface area contributed by atoms with Crippen LogP contribution in [-0.4, -0.2) is 0 Å². The summed E-state index contributed by atoms with van der Waals surface area (Å²) in [7, 11) is 0. The summed E-state index contributed by atoms with van der Waals surface area (Å²) in [5.74, 6) is -1.27. The Balaban J connectivity index is 3.25. The fourth-order valence-corrected chi connectivity index (χ4v) is 0.571. The van der Waals surface area contributed by atoms with Gasteiger partial charge in [0.15, 0.2) is 0 Å². The van der Waals surface area contributed by atoms with E-state index in [0.717, 1.165) is 18.2 Å². The van der Waals surface area contributed by atoms with Gasteiger partial charge in [0.25, 0.3) is 0 Å². The minimum absolute atomic E-state index is 0.278. The van der Waals surface area contributed by atoms with Crippen LogP contribution in [0.3, 0.4) is 0 Å². The Hall–Kier alpha value is -1.43. The number of rotatable bonds is 0. The van der Waals surface area contributed by atoms with Gasteiger partial charge in [0.1, 0.15) is 11.6 Å². The van der Waals surface area contributed by atoms with Crippen LogP contribution in [0.2, 0.25) is 0 Å². The average molecular weight is 139 g/mol. The lowest BCUT2D eigenvalue weighted by Crippen LogP contribution is -1.75. The normalized spacial score (nSPS) is 8.90. The van der Waals surface area contributed by atoms with E-state index in [0.29, 0.717) is 0 Å². The largest absolute Gasteiger partial charge is 0.235 e. The maximum absolute atomic E-state index is 12.4. The molecule has 1 nitrogen and oxygen atoms in total. The molecule has 0 radical (unpaired) electrons. The first kappa shape index (κ1) is 6.69. The van der Waals surface area contributed by atoms with Crippen molar-refractivity contribution in [3.63, 3.8) is 0 Å². The molecule has 0 aromatic heterocycles. The maximum atomic E-state index is 12.4. The van der Waals surface area contributed by atoms with Gasteiger partial charge in [-0.2, -0.15) is 0 Å². The second kappa shape index (κ2) is 2.44. The van der Waals surface area contributed by atoms with E-state index in [-0.39, 0.29) is 5.69 Å². The quantitative estimate of drug-likeness (QED) is 0.486. The molecule has 0 aliphatic heterocycles. The summed E-state index contributed by atoms with van der Waals surface area (Å²) in [6, 6.07) is 2.77. The van der Waals surface area contributed by atoms with Gasteiger partial charge >= 0.3 is 0 Å². The van der Waals surface area contributed by atoms with Crippen molar-refractivity contribution in [3.8, 4) is 0 Å². The highest BCUT2D eigenvalue weighted by molar-refractivity contribution is 5.45. The van der Waals surface area contributed by atoms with Crippen molar-refractivity contribution in [2.24, 2.45) is 0 Å². The fourth-order valence-electron chi connectivity index (χ4n) is 0.571. The van der Waals surface area contributed by atoms with Gasteiger partial charge in [-0.05, 0) is 18.2 Å². The summed E-state index contributed by atoms with van der Waals surface area (Å²) in [6.45, 7) is 6.40. The average Bonchev–Trinajstić information content (AvgIpc) is 1.94. The van der Waals surface area contributed by atoms with Crippen LogP contribution in [0.4, 0.5) is 14.5 Å².